The Bertz CT molecular complexity index is 539. The number of hydrogen-bond donors (Lipinski definition) is 0. The van der Waals surface area contributed by atoms with Gasteiger partial charge in [0.2, 0.25) is 5.91 Å². The van der Waals surface area contributed by atoms with Gasteiger partial charge in [-0.15, -0.1) is 11.3 Å². The molecule has 0 atom stereocenters. The predicted octanol–water partition coefficient (Wildman–Crippen LogP) is 2.65. The van der Waals surface area contributed by atoms with Gasteiger partial charge in [0.1, 0.15) is 0 Å². The second kappa shape index (κ2) is 9.34. The van der Waals surface area contributed by atoms with Crippen LogP contribution < -0.4 is 0 Å². The molecule has 2 rings (SSSR count). The van der Waals surface area contributed by atoms with E-state index < -0.39 is 0 Å². The molecule has 0 N–H and O–H groups in total. The zero-order valence-electron chi connectivity index (χ0n) is 15.9. The van der Waals surface area contributed by atoms with E-state index in [1.165, 1.54) is 11.3 Å². The highest BCUT2D eigenvalue weighted by molar-refractivity contribution is 7.12. The van der Waals surface area contributed by atoms with Crippen molar-refractivity contribution < 1.29 is 9.59 Å². The van der Waals surface area contributed by atoms with Crippen molar-refractivity contribution in [2.75, 3.05) is 45.8 Å². The third-order valence-corrected chi connectivity index (χ3v) is 5.13. The molecule has 2 amide bonds. The molecule has 6 heteroatoms. The Balaban J connectivity index is 1.83. The molecule has 25 heavy (non-hydrogen) atoms. The lowest BCUT2D eigenvalue weighted by atomic mass is 10.1. The van der Waals surface area contributed by atoms with Crippen LogP contribution >= 0.6 is 11.3 Å². The number of nitrogens with zero attached hydrogens (tertiary/aromatic N) is 3. The van der Waals surface area contributed by atoms with Crippen molar-refractivity contribution in [2.45, 2.75) is 27.7 Å². The molecule has 0 spiro atoms. The van der Waals surface area contributed by atoms with Crippen LogP contribution in [0.15, 0.2) is 17.5 Å². The fourth-order valence-electron chi connectivity index (χ4n) is 3.12. The summed E-state index contributed by atoms with van der Waals surface area (Å²) < 4.78 is 0. The Kier molecular flexibility index (Phi) is 7.44. The average Bonchev–Trinajstić information content (AvgIpc) is 3.08. The van der Waals surface area contributed by atoms with E-state index >= 15 is 0 Å². The van der Waals surface area contributed by atoms with Gasteiger partial charge < -0.3 is 9.80 Å². The summed E-state index contributed by atoms with van der Waals surface area (Å²) >= 11 is 1.49. The SMILES string of the molecule is CC(C)CN(CC(C)C)C(=O)CN1CCN(C(=O)c2cccs2)CC1. The molecule has 1 aliphatic rings. The number of carbonyl (C=O) groups is 2. The molecule has 5 nitrogen and oxygen atoms in total. The molecule has 2 heterocycles. The van der Waals surface area contributed by atoms with Crippen molar-refractivity contribution in [3.63, 3.8) is 0 Å². The lowest BCUT2D eigenvalue weighted by Gasteiger charge is -2.35. The summed E-state index contributed by atoms with van der Waals surface area (Å²) in [5.74, 6) is 1.27. The highest BCUT2D eigenvalue weighted by atomic mass is 32.1. The zero-order chi connectivity index (χ0) is 18.4. The van der Waals surface area contributed by atoms with Crippen molar-refractivity contribution in [3.8, 4) is 0 Å². The summed E-state index contributed by atoms with van der Waals surface area (Å²) in [7, 11) is 0. The summed E-state index contributed by atoms with van der Waals surface area (Å²) in [6.45, 7) is 13.6. The second-order valence-corrected chi connectivity index (χ2v) is 8.58. The van der Waals surface area contributed by atoms with Crippen LogP contribution in [0.1, 0.15) is 37.4 Å². The lowest BCUT2D eigenvalue weighted by molar-refractivity contribution is -0.133. The summed E-state index contributed by atoms with van der Waals surface area (Å²) in [6.07, 6.45) is 0. The van der Waals surface area contributed by atoms with Gasteiger partial charge in [-0.1, -0.05) is 33.8 Å². The van der Waals surface area contributed by atoms with E-state index in [1.54, 1.807) is 0 Å². The molecule has 1 fully saturated rings. The van der Waals surface area contributed by atoms with Gasteiger partial charge in [0.25, 0.3) is 5.91 Å². The van der Waals surface area contributed by atoms with E-state index in [1.807, 2.05) is 27.3 Å². The van der Waals surface area contributed by atoms with Crippen LogP contribution in [0.25, 0.3) is 0 Å². The van der Waals surface area contributed by atoms with Crippen LogP contribution in [0.3, 0.4) is 0 Å². The highest BCUT2D eigenvalue weighted by Crippen LogP contribution is 2.14. The quantitative estimate of drug-likeness (QED) is 0.746. The van der Waals surface area contributed by atoms with Crippen molar-refractivity contribution >= 4 is 23.2 Å². The molecule has 0 saturated carbocycles. The van der Waals surface area contributed by atoms with E-state index in [4.69, 9.17) is 0 Å². The Morgan fingerprint density at radius 1 is 1.08 bits per heavy atom. The molecule has 1 saturated heterocycles. The van der Waals surface area contributed by atoms with E-state index in [9.17, 15) is 9.59 Å². The smallest absolute Gasteiger partial charge is 0.264 e. The Hall–Kier alpha value is -1.40. The Morgan fingerprint density at radius 3 is 2.16 bits per heavy atom. The number of hydrogen-bond acceptors (Lipinski definition) is 4. The predicted molar refractivity (Wildman–Crippen MR) is 103 cm³/mol. The fraction of sp³-hybridized carbons (Fsp3) is 0.684. The Labute approximate surface area is 155 Å². The Morgan fingerprint density at radius 2 is 1.68 bits per heavy atom. The molecule has 0 aromatic carbocycles. The number of rotatable bonds is 7. The topological polar surface area (TPSA) is 43.9 Å². The van der Waals surface area contributed by atoms with Crippen molar-refractivity contribution in [1.29, 1.82) is 0 Å². The summed E-state index contributed by atoms with van der Waals surface area (Å²) in [4.78, 5) is 31.9. The van der Waals surface area contributed by atoms with Crippen molar-refractivity contribution in [1.82, 2.24) is 14.7 Å². The minimum Gasteiger partial charge on any atom is -0.341 e. The number of thiophene rings is 1. The van der Waals surface area contributed by atoms with E-state index in [-0.39, 0.29) is 11.8 Å². The first-order chi connectivity index (χ1) is 11.9. The molecular weight excluding hydrogens is 334 g/mol. The molecule has 0 unspecified atom stereocenters. The largest absolute Gasteiger partial charge is 0.341 e. The molecule has 0 bridgehead atoms. The van der Waals surface area contributed by atoms with Gasteiger partial charge in [-0.2, -0.15) is 0 Å². The van der Waals surface area contributed by atoms with Crippen LogP contribution in [0, 0.1) is 11.8 Å². The van der Waals surface area contributed by atoms with Crippen LogP contribution in [-0.2, 0) is 4.79 Å². The molecule has 1 aliphatic heterocycles. The van der Waals surface area contributed by atoms with E-state index in [0.29, 0.717) is 31.5 Å². The maximum atomic E-state index is 12.7. The second-order valence-electron chi connectivity index (χ2n) is 7.63. The summed E-state index contributed by atoms with van der Waals surface area (Å²) in [6, 6.07) is 3.78. The lowest BCUT2D eigenvalue weighted by Crippen LogP contribution is -2.52. The van der Waals surface area contributed by atoms with E-state index in [0.717, 1.165) is 31.1 Å². The molecule has 0 radical (unpaired) electrons. The van der Waals surface area contributed by atoms with Gasteiger partial charge in [-0.25, -0.2) is 0 Å². The number of carbonyl (C=O) groups excluding carboxylic acids is 2. The molecule has 140 valence electrons. The normalized spacial score (nSPS) is 15.8. The number of piperazine rings is 1. The maximum absolute atomic E-state index is 12.7. The molecule has 0 aliphatic carbocycles. The van der Waals surface area contributed by atoms with Crippen LogP contribution in [0.5, 0.6) is 0 Å². The molecule has 1 aromatic rings. The van der Waals surface area contributed by atoms with Crippen molar-refractivity contribution in [3.05, 3.63) is 22.4 Å². The third-order valence-electron chi connectivity index (χ3n) is 4.27. The van der Waals surface area contributed by atoms with Gasteiger partial charge in [0, 0.05) is 39.3 Å². The van der Waals surface area contributed by atoms with Gasteiger partial charge in [0.15, 0.2) is 0 Å². The number of amides is 2. The fourth-order valence-corrected chi connectivity index (χ4v) is 3.81. The average molecular weight is 366 g/mol. The first-order valence-electron chi connectivity index (χ1n) is 9.19. The highest BCUT2D eigenvalue weighted by Gasteiger charge is 2.25. The first-order valence-corrected chi connectivity index (χ1v) is 10.1. The molecule has 1 aromatic heterocycles. The van der Waals surface area contributed by atoms with Crippen LogP contribution in [-0.4, -0.2) is 72.3 Å². The van der Waals surface area contributed by atoms with Crippen LogP contribution in [0.2, 0.25) is 0 Å². The van der Waals surface area contributed by atoms with Gasteiger partial charge >= 0.3 is 0 Å². The van der Waals surface area contributed by atoms with Gasteiger partial charge in [0.05, 0.1) is 11.4 Å². The summed E-state index contributed by atoms with van der Waals surface area (Å²) in [5, 5.41) is 1.93. The van der Waals surface area contributed by atoms with Gasteiger partial charge in [-0.3, -0.25) is 14.5 Å². The zero-order valence-corrected chi connectivity index (χ0v) is 16.7. The standard InChI is InChI=1S/C19H31N3O2S/c1-15(2)12-22(13-16(3)4)18(23)14-20-7-9-21(10-8-20)19(24)17-6-5-11-25-17/h5-6,11,15-16H,7-10,12-14H2,1-4H3. The third kappa shape index (κ3) is 6.12. The van der Waals surface area contributed by atoms with Crippen molar-refractivity contribution in [2.24, 2.45) is 11.8 Å². The maximum Gasteiger partial charge on any atom is 0.264 e. The van der Waals surface area contributed by atoms with Crippen LogP contribution in [0.4, 0.5) is 0 Å². The minimum atomic E-state index is 0.113. The van der Waals surface area contributed by atoms with Gasteiger partial charge in [-0.05, 0) is 23.3 Å². The monoisotopic (exact) mass is 365 g/mol. The first kappa shape index (κ1) is 19.9. The summed E-state index contributed by atoms with van der Waals surface area (Å²) in [5.41, 5.74) is 0. The van der Waals surface area contributed by atoms with E-state index in [2.05, 4.69) is 32.6 Å². The molecular formula is C19H31N3O2S. The minimum absolute atomic E-state index is 0.113.